The molecule has 0 spiro atoms. The van der Waals surface area contributed by atoms with Crippen molar-refractivity contribution in [1.82, 2.24) is 15.0 Å². The van der Waals surface area contributed by atoms with Gasteiger partial charge in [0, 0.05) is 18.7 Å². The molecule has 2 rings (SSSR count). The molecule has 6 heteroatoms. The van der Waals surface area contributed by atoms with E-state index in [2.05, 4.69) is 10.3 Å². The van der Waals surface area contributed by atoms with E-state index in [-0.39, 0.29) is 18.2 Å². The Balaban J connectivity index is 2.48. The zero-order valence-corrected chi connectivity index (χ0v) is 10.5. The minimum absolute atomic E-state index is 0.0104. The number of hydrogen-bond donors (Lipinski definition) is 2. The number of hydrogen-bond acceptors (Lipinski definition) is 4. The van der Waals surface area contributed by atoms with Crippen molar-refractivity contribution in [3.8, 4) is 11.3 Å². The molecule has 0 aliphatic rings. The fourth-order valence-electron chi connectivity index (χ4n) is 1.82. The summed E-state index contributed by atoms with van der Waals surface area (Å²) in [6.45, 7) is 2.29. The summed E-state index contributed by atoms with van der Waals surface area (Å²) < 4.78 is 1.53. The molecule has 0 saturated heterocycles. The Hall–Kier alpha value is -2.21. The third-order valence-corrected chi connectivity index (χ3v) is 2.78. The van der Waals surface area contributed by atoms with Gasteiger partial charge in [0.2, 0.25) is 0 Å². The first-order valence-corrected chi connectivity index (χ1v) is 5.96. The van der Waals surface area contributed by atoms with Crippen LogP contribution >= 0.6 is 0 Å². The van der Waals surface area contributed by atoms with Crippen LogP contribution in [0.2, 0.25) is 0 Å². The van der Waals surface area contributed by atoms with Gasteiger partial charge in [-0.3, -0.25) is 0 Å². The topological polar surface area (TPSA) is 88.2 Å². The largest absolute Gasteiger partial charge is 0.476 e. The normalized spacial score (nSPS) is 12.3. The lowest BCUT2D eigenvalue weighted by Gasteiger charge is -2.11. The number of carbonyl (C=O) groups is 1. The van der Waals surface area contributed by atoms with Crippen LogP contribution in [0.25, 0.3) is 11.3 Å². The Morgan fingerprint density at radius 1 is 1.37 bits per heavy atom. The van der Waals surface area contributed by atoms with Gasteiger partial charge in [-0.1, -0.05) is 42.5 Å². The van der Waals surface area contributed by atoms with Crippen molar-refractivity contribution in [2.75, 3.05) is 6.61 Å². The summed E-state index contributed by atoms with van der Waals surface area (Å²) in [5, 5.41) is 25.8. The molecule has 1 aromatic heterocycles. The highest BCUT2D eigenvalue weighted by Gasteiger charge is 2.21. The van der Waals surface area contributed by atoms with Crippen LogP contribution in [-0.4, -0.2) is 37.8 Å². The zero-order valence-electron chi connectivity index (χ0n) is 10.5. The molecule has 1 unspecified atom stereocenters. The molecule has 0 saturated carbocycles. The number of carboxylic acids is 1. The first-order valence-electron chi connectivity index (χ1n) is 5.96. The number of aromatic carboxylic acids is 1. The molecule has 1 atom stereocenters. The Morgan fingerprint density at radius 3 is 2.63 bits per heavy atom. The van der Waals surface area contributed by atoms with Gasteiger partial charge in [-0.05, 0) is 5.92 Å². The first kappa shape index (κ1) is 13.2. The summed E-state index contributed by atoms with van der Waals surface area (Å²) in [6.07, 6.45) is 0. The van der Waals surface area contributed by atoms with E-state index in [0.717, 1.165) is 5.56 Å². The molecule has 6 nitrogen and oxygen atoms in total. The molecule has 0 bridgehead atoms. The molecule has 0 fully saturated rings. The van der Waals surface area contributed by atoms with Gasteiger partial charge in [0.25, 0.3) is 0 Å². The lowest BCUT2D eigenvalue weighted by atomic mass is 10.1. The fraction of sp³-hybridized carbons (Fsp3) is 0.308. The van der Waals surface area contributed by atoms with Crippen molar-refractivity contribution < 1.29 is 15.0 Å². The van der Waals surface area contributed by atoms with Gasteiger partial charge in [0.15, 0.2) is 5.69 Å². The molecular weight excluding hydrogens is 246 g/mol. The number of aliphatic hydroxyl groups excluding tert-OH is 1. The number of aromatic nitrogens is 3. The predicted octanol–water partition coefficient (Wildman–Crippen LogP) is 1.27. The Kier molecular flexibility index (Phi) is 3.91. The van der Waals surface area contributed by atoms with Crippen LogP contribution < -0.4 is 0 Å². The molecule has 0 aliphatic carbocycles. The SMILES string of the molecule is CC(CO)Cn1nnc(C(=O)O)c1-c1ccccc1. The van der Waals surface area contributed by atoms with Crippen LogP contribution in [0, 0.1) is 5.92 Å². The summed E-state index contributed by atoms with van der Waals surface area (Å²) in [5.74, 6) is -1.13. The Morgan fingerprint density at radius 2 is 2.05 bits per heavy atom. The third kappa shape index (κ3) is 2.79. The number of nitrogens with zero attached hydrogens (tertiary/aromatic N) is 3. The number of rotatable bonds is 5. The van der Waals surface area contributed by atoms with E-state index in [1.54, 1.807) is 0 Å². The second-order valence-corrected chi connectivity index (χ2v) is 4.43. The van der Waals surface area contributed by atoms with Gasteiger partial charge in [-0.2, -0.15) is 0 Å². The summed E-state index contributed by atoms with van der Waals surface area (Å²) in [6, 6.07) is 9.13. The third-order valence-electron chi connectivity index (χ3n) is 2.78. The highest BCUT2D eigenvalue weighted by molar-refractivity contribution is 5.92. The minimum atomic E-state index is -1.11. The minimum Gasteiger partial charge on any atom is -0.476 e. The van der Waals surface area contributed by atoms with Crippen LogP contribution in [0.4, 0.5) is 0 Å². The first-order chi connectivity index (χ1) is 9.13. The lowest BCUT2D eigenvalue weighted by molar-refractivity contribution is 0.0691. The highest BCUT2D eigenvalue weighted by atomic mass is 16.4. The fourth-order valence-corrected chi connectivity index (χ4v) is 1.82. The van der Waals surface area contributed by atoms with E-state index < -0.39 is 5.97 Å². The Labute approximate surface area is 110 Å². The number of benzene rings is 1. The van der Waals surface area contributed by atoms with Gasteiger partial charge in [0.05, 0.1) is 0 Å². The summed E-state index contributed by atoms with van der Waals surface area (Å²) in [4.78, 5) is 11.2. The molecule has 0 amide bonds. The maximum Gasteiger partial charge on any atom is 0.358 e. The molecule has 2 N–H and O–H groups in total. The highest BCUT2D eigenvalue weighted by Crippen LogP contribution is 2.22. The quantitative estimate of drug-likeness (QED) is 0.846. The average Bonchev–Trinajstić information content (AvgIpc) is 2.83. The van der Waals surface area contributed by atoms with Gasteiger partial charge in [-0.15, -0.1) is 5.10 Å². The lowest BCUT2D eigenvalue weighted by Crippen LogP contribution is -2.14. The zero-order chi connectivity index (χ0) is 13.8. The van der Waals surface area contributed by atoms with Crippen molar-refractivity contribution >= 4 is 5.97 Å². The van der Waals surface area contributed by atoms with E-state index in [4.69, 9.17) is 10.2 Å². The smallest absolute Gasteiger partial charge is 0.358 e. The van der Waals surface area contributed by atoms with Gasteiger partial charge in [-0.25, -0.2) is 9.48 Å². The standard InChI is InChI=1S/C13H15N3O3/c1-9(8-17)7-16-12(10-5-3-2-4-6-10)11(13(18)19)14-15-16/h2-6,9,17H,7-8H2,1H3,(H,18,19). The van der Waals surface area contributed by atoms with Crippen molar-refractivity contribution in [1.29, 1.82) is 0 Å². The summed E-state index contributed by atoms with van der Waals surface area (Å²) in [5.41, 5.74) is 1.14. The molecule has 0 aliphatic heterocycles. The maximum absolute atomic E-state index is 11.2. The van der Waals surface area contributed by atoms with E-state index >= 15 is 0 Å². The predicted molar refractivity (Wildman–Crippen MR) is 68.7 cm³/mol. The maximum atomic E-state index is 11.2. The van der Waals surface area contributed by atoms with Crippen LogP contribution in [0.5, 0.6) is 0 Å². The molecule has 0 radical (unpaired) electrons. The van der Waals surface area contributed by atoms with Crippen molar-refractivity contribution in [3.63, 3.8) is 0 Å². The van der Waals surface area contributed by atoms with Crippen molar-refractivity contribution in [3.05, 3.63) is 36.0 Å². The number of carboxylic acid groups (broad SMARTS) is 1. The number of aliphatic hydroxyl groups is 1. The van der Waals surface area contributed by atoms with Gasteiger partial charge >= 0.3 is 5.97 Å². The summed E-state index contributed by atoms with van der Waals surface area (Å²) in [7, 11) is 0. The second kappa shape index (κ2) is 5.62. The molecule has 19 heavy (non-hydrogen) atoms. The Bertz CT molecular complexity index is 566. The molecule has 1 heterocycles. The summed E-state index contributed by atoms with van der Waals surface area (Å²) >= 11 is 0. The van der Waals surface area contributed by atoms with Crippen LogP contribution in [0.1, 0.15) is 17.4 Å². The molecule has 1 aromatic carbocycles. The monoisotopic (exact) mass is 261 g/mol. The van der Waals surface area contributed by atoms with Crippen LogP contribution in [0.3, 0.4) is 0 Å². The van der Waals surface area contributed by atoms with Crippen LogP contribution in [0.15, 0.2) is 30.3 Å². The van der Waals surface area contributed by atoms with E-state index in [1.807, 2.05) is 37.3 Å². The second-order valence-electron chi connectivity index (χ2n) is 4.43. The van der Waals surface area contributed by atoms with E-state index in [9.17, 15) is 4.79 Å². The van der Waals surface area contributed by atoms with Crippen molar-refractivity contribution in [2.24, 2.45) is 5.92 Å². The van der Waals surface area contributed by atoms with Crippen LogP contribution in [-0.2, 0) is 6.54 Å². The van der Waals surface area contributed by atoms with E-state index in [1.165, 1.54) is 4.68 Å². The van der Waals surface area contributed by atoms with Crippen molar-refractivity contribution in [2.45, 2.75) is 13.5 Å². The van der Waals surface area contributed by atoms with Gasteiger partial charge in [0.1, 0.15) is 5.69 Å². The van der Waals surface area contributed by atoms with E-state index in [0.29, 0.717) is 12.2 Å². The molecule has 2 aromatic rings. The molecule has 100 valence electrons. The average molecular weight is 261 g/mol. The van der Waals surface area contributed by atoms with Gasteiger partial charge < -0.3 is 10.2 Å². The molecular formula is C13H15N3O3.